The topological polar surface area (TPSA) is 57.6 Å². The first-order valence-electron chi connectivity index (χ1n) is 16.3. The molecular formula is C36H52FNO3S. The van der Waals surface area contributed by atoms with E-state index in [0.29, 0.717) is 23.3 Å². The number of nitrogens with zero attached hydrogens (tertiary/aromatic N) is 1. The molecule has 2 aromatic carbocycles. The molecule has 0 bridgehead atoms. The van der Waals surface area contributed by atoms with Gasteiger partial charge in [-0.05, 0) is 141 Å². The number of aryl methyl sites for hydroxylation is 1. The first kappa shape index (κ1) is 32.7. The molecule has 4 nitrogen and oxygen atoms in total. The Morgan fingerprint density at radius 1 is 0.929 bits per heavy atom. The molecule has 0 spiro atoms. The van der Waals surface area contributed by atoms with Crippen LogP contribution >= 0.6 is 0 Å². The molecule has 4 rings (SSSR count). The second-order valence-electron chi connectivity index (χ2n) is 13.8. The van der Waals surface area contributed by atoms with Gasteiger partial charge >= 0.3 is 0 Å². The molecule has 2 aliphatic rings. The van der Waals surface area contributed by atoms with Crippen molar-refractivity contribution >= 4 is 21.0 Å². The summed E-state index contributed by atoms with van der Waals surface area (Å²) in [6, 6.07) is 13.2. The van der Waals surface area contributed by atoms with E-state index < -0.39 is 9.84 Å². The molecule has 1 N–H and O–H groups in total. The van der Waals surface area contributed by atoms with Crippen molar-refractivity contribution in [3.63, 3.8) is 0 Å². The van der Waals surface area contributed by atoms with Crippen LogP contribution in [0.25, 0.3) is 11.1 Å². The van der Waals surface area contributed by atoms with E-state index in [4.69, 9.17) is 0 Å². The van der Waals surface area contributed by atoms with Gasteiger partial charge in [-0.2, -0.15) is 0 Å². The summed E-state index contributed by atoms with van der Waals surface area (Å²) in [4.78, 5) is 2.60. The number of aromatic hydroxyl groups is 1. The molecule has 2 aromatic rings. The van der Waals surface area contributed by atoms with Crippen molar-refractivity contribution < 1.29 is 17.9 Å². The highest BCUT2D eigenvalue weighted by molar-refractivity contribution is 7.91. The number of hydrogen-bond donors (Lipinski definition) is 1. The van der Waals surface area contributed by atoms with Crippen molar-refractivity contribution in [2.75, 3.05) is 24.6 Å². The number of phenols is 1. The summed E-state index contributed by atoms with van der Waals surface area (Å²) in [5.74, 6) is 0.745. The number of fused-ring (bicyclic) bond motifs is 1. The van der Waals surface area contributed by atoms with Gasteiger partial charge in [0.25, 0.3) is 0 Å². The summed E-state index contributed by atoms with van der Waals surface area (Å²) < 4.78 is 38.7. The number of sulfone groups is 1. The van der Waals surface area contributed by atoms with E-state index in [-0.39, 0.29) is 11.2 Å². The highest BCUT2D eigenvalue weighted by atomic mass is 32.2. The molecule has 0 saturated carbocycles. The zero-order chi connectivity index (χ0) is 30.2. The lowest BCUT2D eigenvalue weighted by Gasteiger charge is -2.24. The van der Waals surface area contributed by atoms with Gasteiger partial charge in [0.2, 0.25) is 0 Å². The Morgan fingerprint density at radius 3 is 2.45 bits per heavy atom. The number of halogens is 1. The molecular weight excluding hydrogens is 545 g/mol. The predicted molar refractivity (Wildman–Crippen MR) is 174 cm³/mol. The lowest BCUT2D eigenvalue weighted by atomic mass is 9.89. The van der Waals surface area contributed by atoms with E-state index in [9.17, 15) is 17.9 Å². The number of unbranched alkanes of at least 4 members (excludes halogenated alkanes) is 3. The van der Waals surface area contributed by atoms with Crippen LogP contribution in [0.4, 0.5) is 4.39 Å². The van der Waals surface area contributed by atoms with Crippen molar-refractivity contribution in [1.29, 1.82) is 0 Å². The Labute approximate surface area is 254 Å². The molecule has 1 aliphatic heterocycles. The fourth-order valence-corrected chi connectivity index (χ4v) is 8.43. The van der Waals surface area contributed by atoms with E-state index in [0.717, 1.165) is 76.4 Å². The maximum atomic E-state index is 13.7. The first-order chi connectivity index (χ1) is 20.0. The molecule has 1 heterocycles. The van der Waals surface area contributed by atoms with Gasteiger partial charge in [-0.25, -0.2) is 12.8 Å². The second-order valence-corrected chi connectivity index (χ2v) is 16.1. The number of phenolic OH excluding ortho intramolecular Hbond substituents is 1. The Kier molecular flexibility index (Phi) is 11.7. The zero-order valence-corrected chi connectivity index (χ0v) is 27.0. The van der Waals surface area contributed by atoms with Gasteiger partial charge in [-0.15, -0.1) is 0 Å². The average Bonchev–Trinajstić information content (AvgIpc) is 3.30. The third kappa shape index (κ3) is 9.94. The van der Waals surface area contributed by atoms with Crippen molar-refractivity contribution in [3.8, 4) is 5.75 Å². The molecule has 6 heteroatoms. The van der Waals surface area contributed by atoms with Crippen LogP contribution in [0.2, 0.25) is 0 Å². The lowest BCUT2D eigenvalue weighted by Crippen LogP contribution is -2.31. The van der Waals surface area contributed by atoms with Crippen LogP contribution in [-0.2, 0) is 16.3 Å². The molecule has 42 heavy (non-hydrogen) atoms. The fraction of sp³-hybridized carbons (Fsp3) is 0.611. The van der Waals surface area contributed by atoms with E-state index in [1.54, 1.807) is 18.2 Å². The van der Waals surface area contributed by atoms with Gasteiger partial charge in [0.1, 0.15) is 21.4 Å². The molecule has 232 valence electrons. The van der Waals surface area contributed by atoms with Crippen molar-refractivity contribution in [3.05, 3.63) is 65.0 Å². The maximum absolute atomic E-state index is 13.7. The standard InChI is InChI=1S/C36H52FNO3S/c1-36(2,3)22-26-42(40,41)25-10-13-31-12-9-24-38(31)23-7-5-4-6-14-35-33(28-16-18-30(37)19-17-28)15-8-11-29-27-32(39)20-21-34(29)35/h16-21,27,31,39H,4-15,22-26H2,1-3H3/t31-/m0/s1. The van der Waals surface area contributed by atoms with Gasteiger partial charge < -0.3 is 10.0 Å². The fourth-order valence-electron chi connectivity index (χ4n) is 6.69. The predicted octanol–water partition coefficient (Wildman–Crippen LogP) is 8.82. The van der Waals surface area contributed by atoms with E-state index in [1.165, 1.54) is 48.0 Å². The van der Waals surface area contributed by atoms with Crippen LogP contribution in [0.1, 0.15) is 115 Å². The minimum absolute atomic E-state index is 0.0569. The van der Waals surface area contributed by atoms with Gasteiger partial charge in [0, 0.05) is 6.04 Å². The lowest BCUT2D eigenvalue weighted by molar-refractivity contribution is 0.236. The summed E-state index contributed by atoms with van der Waals surface area (Å²) in [5, 5.41) is 10.1. The maximum Gasteiger partial charge on any atom is 0.150 e. The van der Waals surface area contributed by atoms with Crippen molar-refractivity contribution in [2.24, 2.45) is 5.41 Å². The summed E-state index contributed by atoms with van der Waals surface area (Å²) in [6.07, 6.45) is 13.5. The Balaban J connectivity index is 1.26. The van der Waals surface area contributed by atoms with E-state index in [1.807, 2.05) is 18.2 Å². The van der Waals surface area contributed by atoms with Crippen LogP contribution in [0.15, 0.2) is 42.5 Å². The van der Waals surface area contributed by atoms with Crippen LogP contribution < -0.4 is 0 Å². The quantitative estimate of drug-likeness (QED) is 0.221. The molecule has 0 aromatic heterocycles. The largest absolute Gasteiger partial charge is 0.508 e. The second kappa shape index (κ2) is 15.0. The van der Waals surface area contributed by atoms with Crippen molar-refractivity contribution in [2.45, 2.75) is 110 Å². The number of likely N-dealkylation sites (tertiary alicyclic amines) is 1. The summed E-state index contributed by atoms with van der Waals surface area (Å²) >= 11 is 0. The average molecular weight is 598 g/mol. The van der Waals surface area contributed by atoms with Gasteiger partial charge in [-0.1, -0.05) is 51.8 Å². The number of benzene rings is 2. The molecule has 0 amide bonds. The molecule has 1 aliphatic carbocycles. The Morgan fingerprint density at radius 2 is 1.69 bits per heavy atom. The van der Waals surface area contributed by atoms with Gasteiger partial charge in [-0.3, -0.25) is 0 Å². The third-order valence-corrected chi connectivity index (χ3v) is 10.9. The van der Waals surface area contributed by atoms with Gasteiger partial charge in [0.05, 0.1) is 11.5 Å². The third-order valence-electron chi connectivity index (χ3n) is 9.12. The first-order valence-corrected chi connectivity index (χ1v) is 18.1. The zero-order valence-electron chi connectivity index (χ0n) is 26.1. The van der Waals surface area contributed by atoms with Crippen LogP contribution in [0, 0.1) is 11.2 Å². The molecule has 0 radical (unpaired) electrons. The normalized spacial score (nSPS) is 18.3. The smallest absolute Gasteiger partial charge is 0.150 e. The molecule has 1 fully saturated rings. The number of rotatable bonds is 14. The number of hydrogen-bond acceptors (Lipinski definition) is 4. The highest BCUT2D eigenvalue weighted by Crippen LogP contribution is 2.39. The minimum atomic E-state index is -2.96. The Hall–Kier alpha value is -2.18. The minimum Gasteiger partial charge on any atom is -0.508 e. The molecule has 0 unspecified atom stereocenters. The van der Waals surface area contributed by atoms with E-state index >= 15 is 0 Å². The SMILES string of the molecule is CC(C)(C)CCS(=O)(=O)CCC[C@@H]1CCCN1CCCCCCC1=C(c2ccc(F)cc2)CCCc2cc(O)ccc21. The van der Waals surface area contributed by atoms with Gasteiger partial charge in [0.15, 0.2) is 0 Å². The van der Waals surface area contributed by atoms with Crippen LogP contribution in [-0.4, -0.2) is 49.1 Å². The van der Waals surface area contributed by atoms with Crippen LogP contribution in [0.3, 0.4) is 0 Å². The summed E-state index contributed by atoms with van der Waals surface area (Å²) in [7, 11) is -2.96. The van der Waals surface area contributed by atoms with Crippen molar-refractivity contribution in [1.82, 2.24) is 4.90 Å². The molecule has 1 saturated heterocycles. The highest BCUT2D eigenvalue weighted by Gasteiger charge is 2.25. The molecule has 1 atom stereocenters. The summed E-state index contributed by atoms with van der Waals surface area (Å²) in [5.41, 5.74) is 6.29. The monoisotopic (exact) mass is 597 g/mol. The van der Waals surface area contributed by atoms with Crippen LogP contribution in [0.5, 0.6) is 5.75 Å². The van der Waals surface area contributed by atoms with E-state index in [2.05, 4.69) is 31.7 Å². The number of allylic oxidation sites excluding steroid dienone is 2. The summed E-state index contributed by atoms with van der Waals surface area (Å²) in [6.45, 7) is 8.55. The Bertz CT molecular complexity index is 1290.